The molecule has 2 heterocycles. The minimum absolute atomic E-state index is 0.0980. The Balaban J connectivity index is 0.000000226. The maximum atomic E-state index is 13.6. The molecule has 0 unspecified atom stereocenters. The summed E-state index contributed by atoms with van der Waals surface area (Å²) in [5.41, 5.74) is -2.66. The summed E-state index contributed by atoms with van der Waals surface area (Å²) in [6, 6.07) is 19.5. The topological polar surface area (TPSA) is 108 Å². The lowest BCUT2D eigenvalue weighted by molar-refractivity contribution is -0.137. The second kappa shape index (κ2) is 19.8. The van der Waals surface area contributed by atoms with E-state index < -0.39 is 53.3 Å². The van der Waals surface area contributed by atoms with E-state index in [4.69, 9.17) is 59.6 Å². The predicted octanol–water partition coefficient (Wildman–Crippen LogP) is 10.7. The Labute approximate surface area is 329 Å². The Kier molecular flexibility index (Phi) is 16.1. The summed E-state index contributed by atoms with van der Waals surface area (Å²) >= 11 is 17.9. The molecule has 0 saturated carbocycles. The largest absolute Gasteiger partial charge is 0.494 e. The minimum atomic E-state index is -4.73. The van der Waals surface area contributed by atoms with Gasteiger partial charge >= 0.3 is 19.5 Å². The molecule has 0 fully saturated rings. The van der Waals surface area contributed by atoms with Crippen LogP contribution in [-0.4, -0.2) is 41.4 Å². The smallest absolute Gasteiger partial charge is 0.489 e. The number of halogens is 11. The maximum Gasteiger partial charge on any atom is 0.489 e. The molecular formula is C37H27BCl3F8N3O4. The van der Waals surface area contributed by atoms with Crippen molar-refractivity contribution < 1.29 is 54.6 Å². The first-order valence-corrected chi connectivity index (χ1v) is 16.8. The first-order valence-electron chi connectivity index (χ1n) is 15.7. The van der Waals surface area contributed by atoms with Crippen LogP contribution in [0.3, 0.4) is 0 Å². The van der Waals surface area contributed by atoms with Crippen LogP contribution >= 0.6 is 34.8 Å². The van der Waals surface area contributed by atoms with Crippen LogP contribution in [0.2, 0.25) is 15.2 Å². The molecule has 0 saturated heterocycles. The van der Waals surface area contributed by atoms with Gasteiger partial charge in [0.1, 0.15) is 23.1 Å². The van der Waals surface area contributed by atoms with E-state index >= 15 is 0 Å². The predicted molar refractivity (Wildman–Crippen MR) is 199 cm³/mol. The highest BCUT2D eigenvalue weighted by Crippen LogP contribution is 2.41. The van der Waals surface area contributed by atoms with Gasteiger partial charge in [-0.1, -0.05) is 66.0 Å². The lowest BCUT2D eigenvalue weighted by atomic mass is 9.77. The van der Waals surface area contributed by atoms with E-state index in [0.717, 1.165) is 17.5 Å². The Morgan fingerprint density at radius 3 is 1.62 bits per heavy atom. The maximum absolute atomic E-state index is 13.6. The van der Waals surface area contributed by atoms with Crippen molar-refractivity contribution in [3.8, 4) is 28.8 Å². The number of hydrogen-bond acceptors (Lipinski definition) is 7. The first-order chi connectivity index (χ1) is 26.3. The van der Waals surface area contributed by atoms with Gasteiger partial charge in [0.25, 0.3) is 0 Å². The standard InChI is InChI=1S/C17H10ClF4NO.C10H7Cl2NO.C7H5BF4O2.C3H5N/c1-24-14-7-9-3-2-4-13(18)15(9)23-16(14)11-8-10(19)5-6-12(11)17(20,21)22;1-14-8-5-6-3-2-4-7(11)9(6)13-10(8)12;9-4-1-2-5(7(10,11)12)6(3-4)8(13)14;1-2-3-4/h2-8H,1H3;2-5H,1H3;1-3,13-14H;2H2,1H3. The van der Waals surface area contributed by atoms with Gasteiger partial charge in [-0.3, -0.25) is 0 Å². The van der Waals surface area contributed by atoms with Gasteiger partial charge in [0.05, 0.1) is 52.5 Å². The van der Waals surface area contributed by atoms with Gasteiger partial charge in [0.2, 0.25) is 0 Å². The van der Waals surface area contributed by atoms with E-state index in [1.807, 2.05) is 31.2 Å². The van der Waals surface area contributed by atoms with Gasteiger partial charge in [0, 0.05) is 22.8 Å². The summed E-state index contributed by atoms with van der Waals surface area (Å²) in [6.45, 7) is 1.82. The number of nitriles is 1. The van der Waals surface area contributed by atoms with E-state index in [0.29, 0.717) is 63.0 Å². The zero-order valence-corrected chi connectivity index (χ0v) is 31.3. The van der Waals surface area contributed by atoms with Crippen molar-refractivity contribution in [2.75, 3.05) is 14.2 Å². The monoisotopic (exact) mass is 845 g/mol. The molecule has 0 spiro atoms. The number of fused-ring (bicyclic) bond motifs is 2. The van der Waals surface area contributed by atoms with Crippen LogP contribution in [0.5, 0.6) is 11.5 Å². The molecule has 4 aromatic carbocycles. The minimum Gasteiger partial charge on any atom is -0.494 e. The molecule has 294 valence electrons. The van der Waals surface area contributed by atoms with Crippen molar-refractivity contribution in [2.24, 2.45) is 0 Å². The number of pyridine rings is 2. The van der Waals surface area contributed by atoms with Gasteiger partial charge in [-0.2, -0.15) is 31.6 Å². The number of alkyl halides is 6. The van der Waals surface area contributed by atoms with E-state index in [1.54, 1.807) is 31.4 Å². The summed E-state index contributed by atoms with van der Waals surface area (Å²) in [6.07, 6.45) is -8.77. The SMILES string of the molecule is CCC#N.COc1cc2cccc(Cl)c2nc1-c1cc(F)ccc1C(F)(F)F.COc1cc2cccc(Cl)c2nc1Cl.OB(O)c1cc(F)ccc1C(F)(F)F. The van der Waals surface area contributed by atoms with Crippen molar-refractivity contribution in [1.82, 2.24) is 9.97 Å². The number of nitrogens with zero attached hydrogens (tertiary/aromatic N) is 3. The normalized spacial score (nSPS) is 10.9. The molecule has 0 amide bonds. The van der Waals surface area contributed by atoms with E-state index in [2.05, 4.69) is 9.97 Å². The van der Waals surface area contributed by atoms with Crippen LogP contribution < -0.4 is 14.9 Å². The van der Waals surface area contributed by atoms with Crippen molar-refractivity contribution >= 4 is 69.2 Å². The number of methoxy groups -OCH3 is 2. The fraction of sp³-hybridized carbons (Fsp3) is 0.162. The van der Waals surface area contributed by atoms with Crippen molar-refractivity contribution in [3.63, 3.8) is 0 Å². The summed E-state index contributed by atoms with van der Waals surface area (Å²) in [4.78, 5) is 8.36. The van der Waals surface area contributed by atoms with Gasteiger partial charge in [-0.15, -0.1) is 0 Å². The Bertz CT molecular complexity index is 2340. The molecule has 7 nitrogen and oxygen atoms in total. The highest BCUT2D eigenvalue weighted by Gasteiger charge is 2.37. The average Bonchev–Trinajstić information content (AvgIpc) is 3.14. The first kappa shape index (κ1) is 45.5. The number of rotatable bonds is 4. The fourth-order valence-corrected chi connectivity index (χ4v) is 5.38. The second-order valence-electron chi connectivity index (χ2n) is 10.9. The van der Waals surface area contributed by atoms with Crippen LogP contribution in [0.1, 0.15) is 24.5 Å². The molecule has 56 heavy (non-hydrogen) atoms. The van der Waals surface area contributed by atoms with E-state index in [1.165, 1.54) is 13.2 Å². The molecule has 0 radical (unpaired) electrons. The number of aromatic nitrogens is 2. The molecule has 0 bridgehead atoms. The van der Waals surface area contributed by atoms with Crippen LogP contribution in [0.25, 0.3) is 33.1 Å². The second-order valence-corrected chi connectivity index (χ2v) is 12.1. The molecular weight excluding hydrogens is 820 g/mol. The molecule has 0 aliphatic rings. The number of hydrogen-bond donors (Lipinski definition) is 2. The molecule has 2 aromatic heterocycles. The third-order valence-electron chi connectivity index (χ3n) is 7.22. The van der Waals surface area contributed by atoms with Crippen LogP contribution in [-0.2, 0) is 12.4 Å². The van der Waals surface area contributed by atoms with Crippen molar-refractivity contribution in [1.29, 1.82) is 5.26 Å². The lowest BCUT2D eigenvalue weighted by Gasteiger charge is -2.15. The van der Waals surface area contributed by atoms with Gasteiger partial charge in [0.15, 0.2) is 10.9 Å². The number of ether oxygens (including phenoxy) is 2. The lowest BCUT2D eigenvalue weighted by Crippen LogP contribution is -2.36. The highest BCUT2D eigenvalue weighted by atomic mass is 35.5. The van der Waals surface area contributed by atoms with Crippen LogP contribution in [0.4, 0.5) is 35.1 Å². The summed E-state index contributed by atoms with van der Waals surface area (Å²) in [7, 11) is 0.519. The third kappa shape index (κ3) is 11.8. The van der Waals surface area contributed by atoms with Crippen molar-refractivity contribution in [3.05, 3.63) is 123 Å². The van der Waals surface area contributed by atoms with E-state index in [-0.39, 0.29) is 16.5 Å². The van der Waals surface area contributed by atoms with Gasteiger partial charge < -0.3 is 19.5 Å². The average molecular weight is 847 g/mol. The number of benzene rings is 4. The molecule has 2 N–H and O–H groups in total. The quantitative estimate of drug-likeness (QED) is 0.103. The Morgan fingerprint density at radius 1 is 0.696 bits per heavy atom. The molecule has 6 aromatic rings. The van der Waals surface area contributed by atoms with Gasteiger partial charge in [-0.05, 0) is 66.1 Å². The Morgan fingerprint density at radius 2 is 1.16 bits per heavy atom. The van der Waals surface area contributed by atoms with Crippen LogP contribution in [0.15, 0.2) is 84.9 Å². The summed E-state index contributed by atoms with van der Waals surface area (Å²) in [5, 5.41) is 27.5. The number of para-hydroxylation sites is 2. The fourth-order valence-electron chi connectivity index (χ4n) is 4.72. The molecule has 0 aliphatic heterocycles. The van der Waals surface area contributed by atoms with E-state index in [9.17, 15) is 35.1 Å². The zero-order chi connectivity index (χ0) is 42.0. The Hall–Kier alpha value is -4.92. The van der Waals surface area contributed by atoms with Gasteiger partial charge in [-0.25, -0.2) is 18.7 Å². The molecule has 6 rings (SSSR count). The third-order valence-corrected chi connectivity index (χ3v) is 8.10. The molecule has 19 heteroatoms. The van der Waals surface area contributed by atoms with Crippen molar-refractivity contribution in [2.45, 2.75) is 25.7 Å². The summed E-state index contributed by atoms with van der Waals surface area (Å²) in [5.74, 6) is -1.11. The van der Waals surface area contributed by atoms with Crippen LogP contribution in [0, 0.1) is 23.0 Å². The zero-order valence-electron chi connectivity index (χ0n) is 29.1. The highest BCUT2D eigenvalue weighted by molar-refractivity contribution is 6.59. The molecule has 0 atom stereocenters. The molecule has 0 aliphatic carbocycles. The summed E-state index contributed by atoms with van der Waals surface area (Å²) < 4.78 is 113.